The summed E-state index contributed by atoms with van der Waals surface area (Å²) in [6.07, 6.45) is 1.50. The molecular weight excluding hydrogens is 242 g/mol. The van der Waals surface area contributed by atoms with Gasteiger partial charge in [-0.05, 0) is 26.7 Å². The Kier molecular flexibility index (Phi) is 7.03. The molecule has 3 atom stereocenters. The van der Waals surface area contributed by atoms with Crippen molar-refractivity contribution in [3.05, 3.63) is 0 Å². The van der Waals surface area contributed by atoms with Crippen LogP contribution in [0.4, 0.5) is 4.79 Å². The van der Waals surface area contributed by atoms with Crippen LogP contribution < -0.4 is 0 Å². The molecule has 0 aliphatic heterocycles. The zero-order valence-corrected chi connectivity index (χ0v) is 11.6. The van der Waals surface area contributed by atoms with E-state index in [0.717, 1.165) is 12.8 Å². The predicted octanol–water partition coefficient (Wildman–Crippen LogP) is 1.84. The van der Waals surface area contributed by atoms with Crippen LogP contribution in [0, 0.1) is 0 Å². The topological polar surface area (TPSA) is 74.7 Å². The molecule has 3 unspecified atom stereocenters. The number of carboxylic acid groups (broad SMARTS) is 1. The molecule has 1 N–H and O–H groups in total. The largest absolute Gasteiger partial charge is 0.481 e. The van der Waals surface area contributed by atoms with E-state index in [4.69, 9.17) is 5.11 Å². The standard InChI is InChI=1S/C11H21NO4S/c1-5-8(3)12(9(4)6-2)11(15)17(16)7-10(13)14/h8-9H,5-7H2,1-4H3,(H,13,14). The average Bonchev–Trinajstić information content (AvgIpc) is 2.27. The summed E-state index contributed by atoms with van der Waals surface area (Å²) in [5.41, 5.74) is 0. The third kappa shape index (κ3) is 4.85. The number of rotatable bonds is 6. The second-order valence-electron chi connectivity index (χ2n) is 4.07. The number of hydrogen-bond donors (Lipinski definition) is 1. The van der Waals surface area contributed by atoms with Crippen molar-refractivity contribution in [1.29, 1.82) is 0 Å². The van der Waals surface area contributed by atoms with Crippen LogP contribution in [0.3, 0.4) is 0 Å². The highest BCUT2D eigenvalue weighted by Crippen LogP contribution is 2.14. The maximum Gasteiger partial charge on any atom is 0.316 e. The monoisotopic (exact) mass is 263 g/mol. The minimum absolute atomic E-state index is 0.0322. The highest BCUT2D eigenvalue weighted by atomic mass is 32.2. The number of aliphatic carboxylic acids is 1. The SMILES string of the molecule is CCC(C)N(C(=O)S(=O)CC(=O)O)C(C)CC. The lowest BCUT2D eigenvalue weighted by molar-refractivity contribution is -0.133. The Morgan fingerprint density at radius 1 is 1.18 bits per heavy atom. The van der Waals surface area contributed by atoms with Gasteiger partial charge in [-0.2, -0.15) is 0 Å². The van der Waals surface area contributed by atoms with Crippen LogP contribution in [0.25, 0.3) is 0 Å². The summed E-state index contributed by atoms with van der Waals surface area (Å²) in [7, 11) is -1.98. The summed E-state index contributed by atoms with van der Waals surface area (Å²) < 4.78 is 11.6. The Labute approximate surface area is 105 Å². The van der Waals surface area contributed by atoms with Gasteiger partial charge < -0.3 is 10.0 Å². The molecular formula is C11H21NO4S. The van der Waals surface area contributed by atoms with E-state index in [2.05, 4.69) is 0 Å². The fourth-order valence-electron chi connectivity index (χ4n) is 1.48. The third-order valence-corrected chi connectivity index (χ3v) is 3.90. The van der Waals surface area contributed by atoms with E-state index in [1.165, 1.54) is 0 Å². The summed E-state index contributed by atoms with van der Waals surface area (Å²) in [5.74, 6) is -1.84. The van der Waals surface area contributed by atoms with Crippen molar-refractivity contribution < 1.29 is 18.9 Å². The molecule has 0 radical (unpaired) electrons. The Bertz CT molecular complexity index is 296. The van der Waals surface area contributed by atoms with Gasteiger partial charge in [0.25, 0.3) is 0 Å². The van der Waals surface area contributed by atoms with Crippen molar-refractivity contribution in [2.24, 2.45) is 0 Å². The lowest BCUT2D eigenvalue weighted by Gasteiger charge is -2.33. The Morgan fingerprint density at radius 2 is 1.59 bits per heavy atom. The van der Waals surface area contributed by atoms with Crippen LogP contribution in [0.2, 0.25) is 0 Å². The highest BCUT2D eigenvalue weighted by molar-refractivity contribution is 8.00. The molecule has 0 aromatic carbocycles. The van der Waals surface area contributed by atoms with Gasteiger partial charge in [0.05, 0.1) is 0 Å². The molecule has 0 aromatic rings. The van der Waals surface area contributed by atoms with Gasteiger partial charge in [-0.25, -0.2) is 4.21 Å². The maximum absolute atomic E-state index is 11.9. The van der Waals surface area contributed by atoms with Crippen molar-refractivity contribution in [2.45, 2.75) is 52.6 Å². The zero-order chi connectivity index (χ0) is 13.6. The van der Waals surface area contributed by atoms with Crippen LogP contribution in [0.5, 0.6) is 0 Å². The first-order valence-electron chi connectivity index (χ1n) is 5.77. The van der Waals surface area contributed by atoms with Crippen molar-refractivity contribution in [3.8, 4) is 0 Å². The zero-order valence-electron chi connectivity index (χ0n) is 10.8. The first-order chi connectivity index (χ1) is 7.84. The second-order valence-corrected chi connectivity index (χ2v) is 5.40. The molecule has 0 spiro atoms. The minimum atomic E-state index is -1.98. The molecule has 0 saturated carbocycles. The van der Waals surface area contributed by atoms with Crippen molar-refractivity contribution in [1.82, 2.24) is 4.90 Å². The minimum Gasteiger partial charge on any atom is -0.481 e. The van der Waals surface area contributed by atoms with E-state index < -0.39 is 27.8 Å². The number of hydrogen-bond acceptors (Lipinski definition) is 3. The van der Waals surface area contributed by atoms with Crippen LogP contribution in [-0.2, 0) is 15.6 Å². The van der Waals surface area contributed by atoms with Gasteiger partial charge in [0.2, 0.25) is 0 Å². The highest BCUT2D eigenvalue weighted by Gasteiger charge is 2.28. The van der Waals surface area contributed by atoms with Gasteiger partial charge in [0.15, 0.2) is 0 Å². The van der Waals surface area contributed by atoms with Crippen molar-refractivity contribution in [3.63, 3.8) is 0 Å². The van der Waals surface area contributed by atoms with Gasteiger partial charge in [-0.15, -0.1) is 0 Å². The average molecular weight is 263 g/mol. The van der Waals surface area contributed by atoms with Gasteiger partial charge in [0.1, 0.15) is 16.6 Å². The van der Waals surface area contributed by atoms with E-state index in [-0.39, 0.29) is 12.1 Å². The Hall–Kier alpha value is -0.910. The molecule has 0 aromatic heterocycles. The van der Waals surface area contributed by atoms with E-state index >= 15 is 0 Å². The van der Waals surface area contributed by atoms with Crippen molar-refractivity contribution in [2.75, 3.05) is 5.75 Å². The first kappa shape index (κ1) is 16.1. The van der Waals surface area contributed by atoms with Gasteiger partial charge in [-0.1, -0.05) is 13.8 Å². The molecule has 0 aliphatic carbocycles. The number of amides is 1. The van der Waals surface area contributed by atoms with Gasteiger partial charge in [-0.3, -0.25) is 9.59 Å². The molecule has 1 amide bonds. The lowest BCUT2D eigenvalue weighted by Crippen LogP contribution is -2.46. The maximum atomic E-state index is 11.9. The van der Waals surface area contributed by atoms with E-state index in [1.54, 1.807) is 4.90 Å². The second kappa shape index (κ2) is 7.42. The summed E-state index contributed by atoms with van der Waals surface area (Å²) in [5, 5.41) is 7.97. The van der Waals surface area contributed by atoms with Gasteiger partial charge in [0, 0.05) is 12.1 Å². The number of nitrogens with zero attached hydrogens (tertiary/aromatic N) is 1. The molecule has 6 heteroatoms. The predicted molar refractivity (Wildman–Crippen MR) is 67.4 cm³/mol. The summed E-state index contributed by atoms with van der Waals surface area (Å²) in [6.45, 7) is 7.63. The van der Waals surface area contributed by atoms with Crippen molar-refractivity contribution >= 4 is 22.0 Å². The first-order valence-corrected chi connectivity index (χ1v) is 7.09. The molecule has 100 valence electrons. The summed E-state index contributed by atoms with van der Waals surface area (Å²) in [6, 6.07) is -0.0645. The fourth-order valence-corrected chi connectivity index (χ4v) is 2.42. The molecule has 0 heterocycles. The Morgan fingerprint density at radius 3 is 1.88 bits per heavy atom. The molecule has 0 rings (SSSR count). The Balaban J connectivity index is 4.86. The van der Waals surface area contributed by atoms with Crippen LogP contribution >= 0.6 is 0 Å². The summed E-state index contributed by atoms with van der Waals surface area (Å²) in [4.78, 5) is 23.9. The van der Waals surface area contributed by atoms with Crippen LogP contribution in [0.1, 0.15) is 40.5 Å². The quantitative estimate of drug-likeness (QED) is 0.793. The molecule has 0 saturated heterocycles. The van der Waals surface area contributed by atoms with E-state index in [1.807, 2.05) is 27.7 Å². The summed E-state index contributed by atoms with van der Waals surface area (Å²) >= 11 is 0. The molecule has 5 nitrogen and oxygen atoms in total. The van der Waals surface area contributed by atoms with Crippen LogP contribution in [-0.4, -0.2) is 43.3 Å². The number of carbonyl (C=O) groups excluding carboxylic acids is 1. The molecule has 0 bridgehead atoms. The number of carboxylic acids is 1. The fraction of sp³-hybridized carbons (Fsp3) is 0.818. The van der Waals surface area contributed by atoms with E-state index in [9.17, 15) is 13.8 Å². The molecule has 0 fully saturated rings. The smallest absolute Gasteiger partial charge is 0.316 e. The number of carbonyl (C=O) groups is 2. The van der Waals surface area contributed by atoms with E-state index in [0.29, 0.717) is 0 Å². The normalized spacial score (nSPS) is 16.0. The van der Waals surface area contributed by atoms with Gasteiger partial charge >= 0.3 is 11.2 Å². The molecule has 0 aliphatic rings. The third-order valence-electron chi connectivity index (χ3n) is 2.79. The molecule has 17 heavy (non-hydrogen) atoms. The lowest BCUT2D eigenvalue weighted by atomic mass is 10.1. The van der Waals surface area contributed by atoms with Crippen LogP contribution in [0.15, 0.2) is 0 Å².